The molecule has 0 aliphatic carbocycles. The van der Waals surface area contributed by atoms with E-state index in [1.807, 2.05) is 0 Å². The predicted octanol–water partition coefficient (Wildman–Crippen LogP) is 5.34. The van der Waals surface area contributed by atoms with Crippen molar-refractivity contribution in [2.45, 2.75) is 46.0 Å². The number of aromatic hydroxyl groups is 1. The van der Waals surface area contributed by atoms with Crippen molar-refractivity contribution in [1.29, 1.82) is 0 Å². The van der Waals surface area contributed by atoms with Gasteiger partial charge in [0.1, 0.15) is 5.75 Å². The van der Waals surface area contributed by atoms with Crippen molar-refractivity contribution in [2.24, 2.45) is 0 Å². The number of phenolic OH excluding ortho intramolecular Hbond substituents is 1. The van der Waals surface area contributed by atoms with Gasteiger partial charge in [-0.05, 0) is 54.3 Å². The molecule has 0 amide bonds. The monoisotopic (exact) mass is 348 g/mol. The highest BCUT2D eigenvalue weighted by Crippen LogP contribution is 2.43. The summed E-state index contributed by atoms with van der Waals surface area (Å²) in [5, 5.41) is 10.1. The zero-order chi connectivity index (χ0) is 12.7. The number of hydrogen-bond donors (Lipinski definition) is 1. The van der Waals surface area contributed by atoms with Gasteiger partial charge in [0, 0.05) is 4.47 Å². The molecule has 1 aromatic carbocycles. The first-order valence-corrected chi connectivity index (χ1v) is 6.96. The molecule has 0 bridgehead atoms. The number of halogens is 2. The van der Waals surface area contributed by atoms with E-state index in [0.717, 1.165) is 14.5 Å². The Morgan fingerprint density at radius 3 is 2.00 bits per heavy atom. The maximum Gasteiger partial charge on any atom is 0.134 e. The Morgan fingerprint density at radius 1 is 1.12 bits per heavy atom. The van der Waals surface area contributed by atoms with Crippen LogP contribution in [0.1, 0.15) is 51.7 Å². The van der Waals surface area contributed by atoms with E-state index in [1.165, 1.54) is 5.56 Å². The van der Waals surface area contributed by atoms with E-state index in [1.54, 1.807) is 0 Å². The van der Waals surface area contributed by atoms with Gasteiger partial charge in [0.15, 0.2) is 0 Å². The molecule has 0 aliphatic heterocycles. The highest BCUT2D eigenvalue weighted by atomic mass is 79.9. The van der Waals surface area contributed by atoms with Crippen molar-refractivity contribution >= 4 is 31.9 Å². The molecule has 0 unspecified atom stereocenters. The number of phenols is 1. The summed E-state index contributed by atoms with van der Waals surface area (Å²) < 4.78 is 1.70. The van der Waals surface area contributed by atoms with Crippen molar-refractivity contribution < 1.29 is 5.11 Å². The van der Waals surface area contributed by atoms with Crippen molar-refractivity contribution in [2.75, 3.05) is 0 Å². The molecular formula is C13H18Br2O. The normalized spacial score (nSPS) is 12.2. The first-order valence-electron chi connectivity index (χ1n) is 5.37. The molecule has 16 heavy (non-hydrogen) atoms. The lowest BCUT2D eigenvalue weighted by Gasteiger charge is -2.24. The molecule has 1 N–H and O–H groups in total. The Hall–Kier alpha value is -0.0200. The fourth-order valence-electron chi connectivity index (χ4n) is 1.62. The predicted molar refractivity (Wildman–Crippen MR) is 76.3 cm³/mol. The molecule has 90 valence electrons. The Kier molecular flexibility index (Phi) is 4.12. The lowest BCUT2D eigenvalue weighted by molar-refractivity contribution is 0.459. The summed E-state index contributed by atoms with van der Waals surface area (Å²) in [7, 11) is 0. The minimum absolute atomic E-state index is 0.0543. The van der Waals surface area contributed by atoms with Crippen LogP contribution >= 0.6 is 31.9 Å². The lowest BCUT2D eigenvalue weighted by Crippen LogP contribution is -2.13. The second kappa shape index (κ2) is 4.69. The Labute approximate surface area is 115 Å². The van der Waals surface area contributed by atoms with Gasteiger partial charge in [-0.1, -0.05) is 40.7 Å². The van der Waals surface area contributed by atoms with Crippen LogP contribution in [0.4, 0.5) is 0 Å². The summed E-state index contributed by atoms with van der Waals surface area (Å²) >= 11 is 6.99. The standard InChI is InChI=1S/C13H18Br2O/c1-7(2)8-6-9(13(3,4)5)10(14)11(15)12(8)16/h6-7,16H,1-5H3. The van der Waals surface area contributed by atoms with Gasteiger partial charge in [-0.25, -0.2) is 0 Å². The Balaban J connectivity index is 3.54. The van der Waals surface area contributed by atoms with Crippen LogP contribution in [-0.2, 0) is 5.41 Å². The molecule has 0 atom stereocenters. The van der Waals surface area contributed by atoms with Crippen molar-refractivity contribution in [3.8, 4) is 5.75 Å². The van der Waals surface area contributed by atoms with E-state index in [4.69, 9.17) is 0 Å². The lowest BCUT2D eigenvalue weighted by atomic mass is 9.84. The number of hydrogen-bond acceptors (Lipinski definition) is 1. The Bertz CT molecular complexity index is 403. The molecule has 0 aromatic heterocycles. The molecule has 0 radical (unpaired) electrons. The Morgan fingerprint density at radius 2 is 1.62 bits per heavy atom. The summed E-state index contributed by atoms with van der Waals surface area (Å²) in [5.74, 6) is 0.653. The van der Waals surface area contributed by atoms with Gasteiger partial charge in [-0.3, -0.25) is 0 Å². The first kappa shape index (κ1) is 14.0. The first-order chi connectivity index (χ1) is 7.16. The van der Waals surface area contributed by atoms with Crippen molar-refractivity contribution in [1.82, 2.24) is 0 Å². The number of rotatable bonds is 1. The molecule has 0 spiro atoms. The van der Waals surface area contributed by atoms with E-state index in [-0.39, 0.29) is 5.41 Å². The molecule has 0 saturated carbocycles. The molecule has 1 rings (SSSR count). The summed E-state index contributed by atoms with van der Waals surface area (Å²) in [6.45, 7) is 10.7. The molecule has 0 saturated heterocycles. The summed E-state index contributed by atoms with van der Waals surface area (Å²) in [6.07, 6.45) is 0. The third kappa shape index (κ3) is 2.62. The molecule has 3 heteroatoms. The van der Waals surface area contributed by atoms with E-state index in [9.17, 15) is 5.11 Å². The average molecular weight is 350 g/mol. The van der Waals surface area contributed by atoms with Gasteiger partial charge in [0.2, 0.25) is 0 Å². The van der Waals surface area contributed by atoms with E-state index >= 15 is 0 Å². The molecule has 0 heterocycles. The third-order valence-electron chi connectivity index (χ3n) is 2.64. The van der Waals surface area contributed by atoms with Gasteiger partial charge in [0.05, 0.1) is 4.47 Å². The highest BCUT2D eigenvalue weighted by molar-refractivity contribution is 9.13. The fraction of sp³-hybridized carbons (Fsp3) is 0.538. The van der Waals surface area contributed by atoms with Gasteiger partial charge in [-0.15, -0.1) is 0 Å². The van der Waals surface area contributed by atoms with Crippen LogP contribution < -0.4 is 0 Å². The van der Waals surface area contributed by atoms with Crippen LogP contribution in [0.5, 0.6) is 5.75 Å². The second-order valence-electron chi connectivity index (χ2n) is 5.39. The molecule has 0 aliphatic rings. The summed E-state index contributed by atoms with van der Waals surface area (Å²) in [6, 6.07) is 2.09. The summed E-state index contributed by atoms with van der Waals surface area (Å²) in [4.78, 5) is 0. The van der Waals surface area contributed by atoms with Crippen LogP contribution in [-0.4, -0.2) is 5.11 Å². The van der Waals surface area contributed by atoms with Crippen LogP contribution in [0.15, 0.2) is 15.0 Å². The molecule has 0 fully saturated rings. The van der Waals surface area contributed by atoms with Crippen molar-refractivity contribution in [3.05, 3.63) is 26.1 Å². The van der Waals surface area contributed by atoms with Crippen molar-refractivity contribution in [3.63, 3.8) is 0 Å². The van der Waals surface area contributed by atoms with E-state index < -0.39 is 0 Å². The maximum absolute atomic E-state index is 10.1. The second-order valence-corrected chi connectivity index (χ2v) is 6.98. The van der Waals surface area contributed by atoms with Gasteiger partial charge in [-0.2, -0.15) is 0 Å². The quantitative estimate of drug-likeness (QED) is 0.725. The van der Waals surface area contributed by atoms with Crippen LogP contribution in [0.2, 0.25) is 0 Å². The zero-order valence-electron chi connectivity index (χ0n) is 10.4. The topological polar surface area (TPSA) is 20.2 Å². The smallest absolute Gasteiger partial charge is 0.134 e. The van der Waals surface area contributed by atoms with E-state index in [0.29, 0.717) is 11.7 Å². The van der Waals surface area contributed by atoms with Crippen LogP contribution in [0.25, 0.3) is 0 Å². The average Bonchev–Trinajstić information content (AvgIpc) is 2.11. The minimum Gasteiger partial charge on any atom is -0.506 e. The molecular weight excluding hydrogens is 332 g/mol. The highest BCUT2D eigenvalue weighted by Gasteiger charge is 2.23. The van der Waals surface area contributed by atoms with Crippen LogP contribution in [0.3, 0.4) is 0 Å². The third-order valence-corrected chi connectivity index (χ3v) is 4.77. The van der Waals surface area contributed by atoms with Crippen LogP contribution in [0, 0.1) is 0 Å². The maximum atomic E-state index is 10.1. The molecule has 1 nitrogen and oxygen atoms in total. The minimum atomic E-state index is 0.0543. The largest absolute Gasteiger partial charge is 0.506 e. The van der Waals surface area contributed by atoms with Gasteiger partial charge in [0.25, 0.3) is 0 Å². The summed E-state index contributed by atoms with van der Waals surface area (Å²) in [5.41, 5.74) is 2.25. The van der Waals surface area contributed by atoms with E-state index in [2.05, 4.69) is 72.5 Å². The van der Waals surface area contributed by atoms with Gasteiger partial charge < -0.3 is 5.11 Å². The molecule has 1 aromatic rings. The zero-order valence-corrected chi connectivity index (χ0v) is 13.5. The fourth-order valence-corrected chi connectivity index (χ4v) is 2.96. The van der Waals surface area contributed by atoms with Gasteiger partial charge >= 0.3 is 0 Å². The number of benzene rings is 1. The SMILES string of the molecule is CC(C)c1cc(C(C)(C)C)c(Br)c(Br)c1O.